The Morgan fingerprint density at radius 2 is 1.66 bits per heavy atom. The molecule has 1 unspecified atom stereocenters. The van der Waals surface area contributed by atoms with Crippen LogP contribution in [0.2, 0.25) is 0 Å². The van der Waals surface area contributed by atoms with Gasteiger partial charge in [-0.15, -0.1) is 6.42 Å². The van der Waals surface area contributed by atoms with Crippen molar-refractivity contribution in [2.24, 2.45) is 0 Å². The number of hydrogen-bond donors (Lipinski definition) is 2. The maximum absolute atomic E-state index is 13.4. The van der Waals surface area contributed by atoms with Crippen molar-refractivity contribution in [3.8, 4) is 12.3 Å². The minimum absolute atomic E-state index is 0.277. The SMILES string of the molecule is C#Cc1ccccc1C(C(=O)NCCCC)N(CCCCCCC)C(=O)CNC(=O)OC(C)(C)C. The molecule has 0 fully saturated rings. The van der Waals surface area contributed by atoms with Crippen molar-refractivity contribution in [3.05, 3.63) is 35.4 Å². The van der Waals surface area contributed by atoms with Crippen LogP contribution in [0.4, 0.5) is 4.79 Å². The highest BCUT2D eigenvalue weighted by Crippen LogP contribution is 2.25. The maximum atomic E-state index is 13.4. The van der Waals surface area contributed by atoms with Crippen molar-refractivity contribution in [3.63, 3.8) is 0 Å². The number of rotatable bonds is 14. The lowest BCUT2D eigenvalue weighted by molar-refractivity contribution is -0.140. The van der Waals surface area contributed by atoms with Gasteiger partial charge in [0.25, 0.3) is 0 Å². The first kappa shape index (κ1) is 30.0. The van der Waals surface area contributed by atoms with Crippen LogP contribution in [0.5, 0.6) is 0 Å². The van der Waals surface area contributed by atoms with E-state index in [0.29, 0.717) is 24.2 Å². The number of carbonyl (C=O) groups is 3. The van der Waals surface area contributed by atoms with Crippen LogP contribution in [0.25, 0.3) is 0 Å². The lowest BCUT2D eigenvalue weighted by atomic mass is 9.97. The van der Waals surface area contributed by atoms with E-state index in [-0.39, 0.29) is 18.4 Å². The smallest absolute Gasteiger partial charge is 0.408 e. The maximum Gasteiger partial charge on any atom is 0.408 e. The molecule has 1 aromatic carbocycles. The number of ether oxygens (including phenoxy) is 1. The van der Waals surface area contributed by atoms with Crippen molar-refractivity contribution in [1.29, 1.82) is 0 Å². The van der Waals surface area contributed by atoms with Crippen LogP contribution in [0, 0.1) is 12.3 Å². The van der Waals surface area contributed by atoms with Crippen molar-refractivity contribution < 1.29 is 19.1 Å². The third-order valence-electron chi connectivity index (χ3n) is 5.41. The highest BCUT2D eigenvalue weighted by Gasteiger charge is 2.32. The molecule has 7 nitrogen and oxygen atoms in total. The minimum atomic E-state index is -0.891. The van der Waals surface area contributed by atoms with Crippen molar-refractivity contribution in [2.45, 2.75) is 91.2 Å². The van der Waals surface area contributed by atoms with E-state index in [1.807, 2.05) is 19.1 Å². The van der Waals surface area contributed by atoms with Gasteiger partial charge in [-0.3, -0.25) is 9.59 Å². The molecular weight excluding hydrogens is 442 g/mol. The van der Waals surface area contributed by atoms with Gasteiger partial charge in [-0.2, -0.15) is 0 Å². The lowest BCUT2D eigenvalue weighted by Gasteiger charge is -2.32. The Balaban J connectivity index is 3.22. The number of carbonyl (C=O) groups excluding carboxylic acids is 3. The summed E-state index contributed by atoms with van der Waals surface area (Å²) in [5.41, 5.74) is 0.481. The molecule has 0 heterocycles. The van der Waals surface area contributed by atoms with Gasteiger partial charge in [-0.1, -0.05) is 70.1 Å². The Morgan fingerprint density at radius 1 is 1.00 bits per heavy atom. The van der Waals surface area contributed by atoms with E-state index in [9.17, 15) is 14.4 Å². The van der Waals surface area contributed by atoms with Crippen LogP contribution in [0.3, 0.4) is 0 Å². The van der Waals surface area contributed by atoms with Crippen molar-refractivity contribution in [2.75, 3.05) is 19.6 Å². The van der Waals surface area contributed by atoms with E-state index in [0.717, 1.165) is 44.9 Å². The summed E-state index contributed by atoms with van der Waals surface area (Å²) in [6.07, 6.45) is 11.8. The molecule has 1 atom stereocenters. The van der Waals surface area contributed by atoms with E-state index in [1.165, 1.54) is 0 Å². The van der Waals surface area contributed by atoms with E-state index in [2.05, 4.69) is 23.5 Å². The van der Waals surface area contributed by atoms with Crippen molar-refractivity contribution >= 4 is 17.9 Å². The highest BCUT2D eigenvalue weighted by atomic mass is 16.6. The van der Waals surface area contributed by atoms with Gasteiger partial charge in [0.05, 0.1) is 0 Å². The molecule has 7 heteroatoms. The highest BCUT2D eigenvalue weighted by molar-refractivity contribution is 5.91. The molecule has 0 spiro atoms. The number of nitrogens with one attached hydrogen (secondary N) is 2. The third-order valence-corrected chi connectivity index (χ3v) is 5.41. The first-order valence-corrected chi connectivity index (χ1v) is 12.7. The zero-order valence-corrected chi connectivity index (χ0v) is 22.1. The van der Waals surface area contributed by atoms with Gasteiger partial charge in [-0.05, 0) is 45.2 Å². The fourth-order valence-corrected chi connectivity index (χ4v) is 3.65. The average Bonchev–Trinajstić information content (AvgIpc) is 2.80. The summed E-state index contributed by atoms with van der Waals surface area (Å²) >= 11 is 0. The summed E-state index contributed by atoms with van der Waals surface area (Å²) in [5, 5.41) is 5.49. The predicted molar refractivity (Wildman–Crippen MR) is 140 cm³/mol. The molecule has 0 aliphatic heterocycles. The Bertz CT molecular complexity index is 854. The summed E-state index contributed by atoms with van der Waals surface area (Å²) in [4.78, 5) is 40.5. The molecule has 0 saturated heterocycles. The van der Waals surface area contributed by atoms with Gasteiger partial charge in [0.1, 0.15) is 18.2 Å². The number of nitrogens with zero attached hydrogens (tertiary/aromatic N) is 1. The lowest BCUT2D eigenvalue weighted by Crippen LogP contribution is -2.48. The average molecular weight is 486 g/mol. The van der Waals surface area contributed by atoms with E-state index >= 15 is 0 Å². The van der Waals surface area contributed by atoms with Crippen LogP contribution in [0.15, 0.2) is 24.3 Å². The number of alkyl carbamates (subject to hydrolysis) is 1. The summed E-state index contributed by atoms with van der Waals surface area (Å²) < 4.78 is 5.26. The van der Waals surface area contributed by atoms with Crippen LogP contribution < -0.4 is 10.6 Å². The van der Waals surface area contributed by atoms with Crippen LogP contribution >= 0.6 is 0 Å². The summed E-state index contributed by atoms with van der Waals surface area (Å²) in [6, 6.07) is 6.29. The largest absolute Gasteiger partial charge is 0.444 e. The first-order chi connectivity index (χ1) is 16.6. The Hall–Kier alpha value is -3.01. The van der Waals surface area contributed by atoms with Crippen LogP contribution in [-0.2, 0) is 14.3 Å². The van der Waals surface area contributed by atoms with Gasteiger partial charge in [0.2, 0.25) is 11.8 Å². The Morgan fingerprint density at radius 3 is 2.29 bits per heavy atom. The first-order valence-electron chi connectivity index (χ1n) is 12.7. The van der Waals surface area contributed by atoms with Crippen LogP contribution in [-0.4, -0.2) is 48.0 Å². The number of terminal acetylenes is 1. The fraction of sp³-hybridized carbons (Fsp3) is 0.607. The predicted octanol–water partition coefficient (Wildman–Crippen LogP) is 4.95. The number of unbranched alkanes of at least 4 members (excludes halogenated alkanes) is 5. The molecule has 0 aromatic heterocycles. The quantitative estimate of drug-likeness (QED) is 0.288. The van der Waals surface area contributed by atoms with Gasteiger partial charge < -0.3 is 20.3 Å². The molecule has 1 aromatic rings. The zero-order chi connectivity index (χ0) is 26.3. The number of amides is 3. The minimum Gasteiger partial charge on any atom is -0.444 e. The molecule has 0 radical (unpaired) electrons. The molecule has 1 rings (SSSR count). The van der Waals surface area contributed by atoms with Gasteiger partial charge in [0, 0.05) is 18.7 Å². The number of hydrogen-bond acceptors (Lipinski definition) is 4. The Labute approximate surface area is 211 Å². The normalized spacial score (nSPS) is 11.8. The van der Waals surface area contributed by atoms with Gasteiger partial charge >= 0.3 is 6.09 Å². The summed E-state index contributed by atoms with van der Waals surface area (Å²) in [7, 11) is 0. The third kappa shape index (κ3) is 11.3. The number of benzene rings is 1. The molecule has 2 N–H and O–H groups in total. The molecule has 35 heavy (non-hydrogen) atoms. The molecule has 194 valence electrons. The topological polar surface area (TPSA) is 87.7 Å². The second-order valence-corrected chi connectivity index (χ2v) is 9.64. The van der Waals surface area contributed by atoms with Gasteiger partial charge in [0.15, 0.2) is 0 Å². The van der Waals surface area contributed by atoms with E-state index in [4.69, 9.17) is 11.2 Å². The van der Waals surface area contributed by atoms with Gasteiger partial charge in [-0.25, -0.2) is 4.79 Å². The second-order valence-electron chi connectivity index (χ2n) is 9.64. The molecule has 3 amide bonds. The molecule has 0 aliphatic rings. The zero-order valence-electron chi connectivity index (χ0n) is 22.1. The molecule has 0 aliphatic carbocycles. The molecular formula is C28H43N3O4. The van der Waals surface area contributed by atoms with Crippen molar-refractivity contribution in [1.82, 2.24) is 15.5 Å². The van der Waals surface area contributed by atoms with E-state index < -0.39 is 17.7 Å². The van der Waals surface area contributed by atoms with E-state index in [1.54, 1.807) is 37.8 Å². The summed E-state index contributed by atoms with van der Waals surface area (Å²) in [6.45, 7) is 10.1. The standard InChI is InChI=1S/C28H43N3O4/c1-7-10-12-13-16-20-31(24(32)21-30-27(34)35-28(4,5)6)25(26(33)29-19-11-8-2)23-18-15-14-17-22(23)9-3/h3,14-15,17-18,25H,7-8,10-13,16,19-21H2,1-2,4-6H3,(H,29,33)(H,30,34). The van der Waals surface area contributed by atoms with Crippen LogP contribution in [0.1, 0.15) is 96.7 Å². The second kappa shape index (κ2) is 15.8. The molecule has 0 bridgehead atoms. The fourth-order valence-electron chi connectivity index (χ4n) is 3.65. The monoisotopic (exact) mass is 485 g/mol. The Kier molecular flexibility index (Phi) is 13.6. The molecule has 0 saturated carbocycles. The summed E-state index contributed by atoms with van der Waals surface area (Å²) in [5.74, 6) is 2.00.